The number of fused-ring (bicyclic) bond motifs is 1. The molecule has 0 radical (unpaired) electrons. The largest absolute Gasteiger partial charge is 0.494 e. The van der Waals surface area contributed by atoms with Crippen LogP contribution in [0.15, 0.2) is 30.3 Å². The average molecular weight is 240 g/mol. The molecule has 0 atom stereocenters. The Bertz CT molecular complexity index is 572. The Morgan fingerprint density at radius 3 is 3.00 bits per heavy atom. The van der Waals surface area contributed by atoms with E-state index in [1.807, 2.05) is 24.3 Å². The number of nitrogens with zero attached hydrogens (tertiary/aromatic N) is 1. The highest BCUT2D eigenvalue weighted by atomic mass is 16.5. The van der Waals surface area contributed by atoms with Crippen LogP contribution >= 0.6 is 0 Å². The first-order chi connectivity index (χ1) is 8.85. The van der Waals surface area contributed by atoms with Crippen LogP contribution < -0.4 is 10.1 Å². The summed E-state index contributed by atoms with van der Waals surface area (Å²) in [6.45, 7) is 1.53. The number of nitrogens with one attached hydrogen (secondary N) is 1. The van der Waals surface area contributed by atoms with E-state index >= 15 is 0 Å². The molecular formula is C15H16N2O. The first-order valence-corrected chi connectivity index (χ1v) is 5.92. The number of methoxy groups -OCH3 is 1. The van der Waals surface area contributed by atoms with Gasteiger partial charge in [-0.25, -0.2) is 4.98 Å². The van der Waals surface area contributed by atoms with Crippen molar-refractivity contribution in [2.24, 2.45) is 0 Å². The zero-order valence-corrected chi connectivity index (χ0v) is 10.4. The lowest BCUT2D eigenvalue weighted by atomic mass is 10.2. The molecule has 0 amide bonds. The van der Waals surface area contributed by atoms with Gasteiger partial charge in [0.2, 0.25) is 0 Å². The monoisotopic (exact) mass is 240 g/mol. The molecule has 3 nitrogen and oxygen atoms in total. The molecule has 1 heterocycles. The smallest absolute Gasteiger partial charge is 0.145 e. The van der Waals surface area contributed by atoms with Crippen molar-refractivity contribution in [3.05, 3.63) is 36.0 Å². The fourth-order valence-electron chi connectivity index (χ4n) is 1.80. The van der Waals surface area contributed by atoms with E-state index in [1.165, 1.54) is 0 Å². The summed E-state index contributed by atoms with van der Waals surface area (Å²) in [5, 5.41) is 4.34. The van der Waals surface area contributed by atoms with E-state index in [9.17, 15) is 0 Å². The Morgan fingerprint density at radius 1 is 1.33 bits per heavy atom. The standard InChI is InChI=1S/C15H16N2O/c1-3-4-10-16-11-13-9-8-12-6-5-7-14(18-2)15(12)17-13/h1,5-9,16H,4,10-11H2,2H3. The van der Waals surface area contributed by atoms with Crippen LogP contribution in [0.2, 0.25) is 0 Å². The molecule has 0 saturated heterocycles. The SMILES string of the molecule is C#CCCNCc1ccc2cccc(OC)c2n1. The molecule has 0 fully saturated rings. The van der Waals surface area contributed by atoms with Gasteiger partial charge in [-0.05, 0) is 12.1 Å². The van der Waals surface area contributed by atoms with Gasteiger partial charge in [0, 0.05) is 24.9 Å². The molecule has 1 N–H and O–H groups in total. The van der Waals surface area contributed by atoms with Crippen LogP contribution in [-0.4, -0.2) is 18.6 Å². The van der Waals surface area contributed by atoms with Gasteiger partial charge in [0.05, 0.1) is 12.8 Å². The van der Waals surface area contributed by atoms with Crippen LogP contribution in [0.1, 0.15) is 12.1 Å². The fraction of sp³-hybridized carbons (Fsp3) is 0.267. The highest BCUT2D eigenvalue weighted by Gasteiger charge is 2.03. The molecule has 0 unspecified atom stereocenters. The van der Waals surface area contributed by atoms with Crippen molar-refractivity contribution in [1.82, 2.24) is 10.3 Å². The maximum absolute atomic E-state index is 5.32. The third-order valence-electron chi connectivity index (χ3n) is 2.71. The van der Waals surface area contributed by atoms with Gasteiger partial charge < -0.3 is 10.1 Å². The van der Waals surface area contributed by atoms with Crippen LogP contribution in [0, 0.1) is 12.3 Å². The number of hydrogen-bond acceptors (Lipinski definition) is 3. The second-order valence-corrected chi connectivity index (χ2v) is 3.97. The number of terminal acetylenes is 1. The molecule has 0 aliphatic carbocycles. The van der Waals surface area contributed by atoms with Crippen molar-refractivity contribution in [3.8, 4) is 18.1 Å². The number of aromatic nitrogens is 1. The minimum Gasteiger partial charge on any atom is -0.494 e. The minimum absolute atomic E-state index is 0.718. The first kappa shape index (κ1) is 12.4. The van der Waals surface area contributed by atoms with E-state index < -0.39 is 0 Å². The highest BCUT2D eigenvalue weighted by molar-refractivity contribution is 5.84. The molecule has 92 valence electrons. The molecule has 0 aliphatic rings. The normalized spacial score (nSPS) is 10.2. The lowest BCUT2D eigenvalue weighted by Gasteiger charge is -2.07. The lowest BCUT2D eigenvalue weighted by Crippen LogP contribution is -2.15. The number of rotatable bonds is 5. The number of hydrogen-bond donors (Lipinski definition) is 1. The summed E-state index contributed by atoms with van der Waals surface area (Å²) in [6, 6.07) is 9.99. The molecule has 0 bridgehead atoms. The van der Waals surface area contributed by atoms with Gasteiger partial charge in [0.15, 0.2) is 0 Å². The summed E-state index contributed by atoms with van der Waals surface area (Å²) in [7, 11) is 1.66. The third kappa shape index (κ3) is 2.79. The van der Waals surface area contributed by atoms with E-state index in [4.69, 9.17) is 11.2 Å². The zero-order chi connectivity index (χ0) is 12.8. The van der Waals surface area contributed by atoms with E-state index in [0.717, 1.165) is 41.9 Å². The summed E-state index contributed by atoms with van der Waals surface area (Å²) >= 11 is 0. The molecule has 2 rings (SSSR count). The van der Waals surface area contributed by atoms with Gasteiger partial charge in [-0.3, -0.25) is 0 Å². The van der Waals surface area contributed by atoms with Crippen molar-refractivity contribution in [1.29, 1.82) is 0 Å². The van der Waals surface area contributed by atoms with Crippen molar-refractivity contribution in [3.63, 3.8) is 0 Å². The van der Waals surface area contributed by atoms with Crippen LogP contribution in [0.4, 0.5) is 0 Å². The van der Waals surface area contributed by atoms with E-state index in [-0.39, 0.29) is 0 Å². The summed E-state index contributed by atoms with van der Waals surface area (Å²) in [6.07, 6.45) is 5.93. The Hall–Kier alpha value is -2.05. The van der Waals surface area contributed by atoms with Crippen molar-refractivity contribution >= 4 is 10.9 Å². The second kappa shape index (κ2) is 6.04. The van der Waals surface area contributed by atoms with E-state index in [2.05, 4.69) is 22.3 Å². The summed E-state index contributed by atoms with van der Waals surface area (Å²) < 4.78 is 5.32. The summed E-state index contributed by atoms with van der Waals surface area (Å²) in [4.78, 5) is 4.60. The predicted molar refractivity (Wildman–Crippen MR) is 73.5 cm³/mol. The minimum atomic E-state index is 0.718. The third-order valence-corrected chi connectivity index (χ3v) is 2.71. The fourth-order valence-corrected chi connectivity index (χ4v) is 1.80. The second-order valence-electron chi connectivity index (χ2n) is 3.97. The van der Waals surface area contributed by atoms with Crippen LogP contribution in [0.5, 0.6) is 5.75 Å². The van der Waals surface area contributed by atoms with Crippen LogP contribution in [0.25, 0.3) is 10.9 Å². The Kier molecular flexibility index (Phi) is 4.16. The van der Waals surface area contributed by atoms with Gasteiger partial charge in [0.1, 0.15) is 11.3 Å². The number of pyridine rings is 1. The molecule has 1 aromatic carbocycles. The highest BCUT2D eigenvalue weighted by Crippen LogP contribution is 2.23. The number of ether oxygens (including phenoxy) is 1. The molecule has 18 heavy (non-hydrogen) atoms. The molecule has 3 heteroatoms. The van der Waals surface area contributed by atoms with Crippen molar-refractivity contribution < 1.29 is 4.74 Å². The molecule has 0 aliphatic heterocycles. The molecular weight excluding hydrogens is 224 g/mol. The van der Waals surface area contributed by atoms with Crippen molar-refractivity contribution in [2.75, 3.05) is 13.7 Å². The van der Waals surface area contributed by atoms with Gasteiger partial charge in [0.25, 0.3) is 0 Å². The van der Waals surface area contributed by atoms with Gasteiger partial charge >= 0.3 is 0 Å². The van der Waals surface area contributed by atoms with Crippen LogP contribution in [0.3, 0.4) is 0 Å². The Balaban J connectivity index is 2.18. The van der Waals surface area contributed by atoms with Gasteiger partial charge in [-0.2, -0.15) is 0 Å². The lowest BCUT2D eigenvalue weighted by molar-refractivity contribution is 0.418. The predicted octanol–water partition coefficient (Wildman–Crippen LogP) is 2.36. The Morgan fingerprint density at radius 2 is 2.22 bits per heavy atom. The summed E-state index contributed by atoms with van der Waals surface area (Å²) in [5.74, 6) is 3.40. The van der Waals surface area contributed by atoms with Gasteiger partial charge in [-0.15, -0.1) is 12.3 Å². The maximum Gasteiger partial charge on any atom is 0.145 e. The molecule has 0 spiro atoms. The molecule has 0 saturated carbocycles. The van der Waals surface area contributed by atoms with Gasteiger partial charge in [-0.1, -0.05) is 18.2 Å². The van der Waals surface area contributed by atoms with E-state index in [1.54, 1.807) is 7.11 Å². The van der Waals surface area contributed by atoms with Crippen molar-refractivity contribution in [2.45, 2.75) is 13.0 Å². The Labute approximate surface area is 107 Å². The quantitative estimate of drug-likeness (QED) is 0.643. The number of para-hydroxylation sites is 1. The maximum atomic E-state index is 5.32. The molecule has 2 aromatic rings. The topological polar surface area (TPSA) is 34.1 Å². The summed E-state index contributed by atoms with van der Waals surface area (Å²) in [5.41, 5.74) is 1.89. The van der Waals surface area contributed by atoms with Crippen LogP contribution in [-0.2, 0) is 6.54 Å². The zero-order valence-electron chi connectivity index (χ0n) is 10.4. The first-order valence-electron chi connectivity index (χ1n) is 5.92. The average Bonchev–Trinajstić information content (AvgIpc) is 2.43. The molecule has 1 aromatic heterocycles. The number of benzene rings is 1. The van der Waals surface area contributed by atoms with E-state index in [0.29, 0.717) is 0 Å².